The Bertz CT molecular complexity index is 2290. The van der Waals surface area contributed by atoms with Crippen molar-refractivity contribution in [2.45, 2.75) is 12.4 Å². The monoisotopic (exact) mass is 677 g/mol. The molecular weight excluding hydrogens is 660 g/mol. The van der Waals surface area contributed by atoms with Crippen molar-refractivity contribution in [2.24, 2.45) is 0 Å². The quantitative estimate of drug-likeness (QED) is 0.156. The number of aromatic nitrogens is 7. The SMILES string of the molecule is O=C(O)c1ccc(-n2cc(-c3ccc4[nH]c5ccc(-c6cn(-c7ccc(C(=O)O)c(C(F)(F)F)c7)nn6)cc5c4c3)nn2)cc1C(F)(F)F. The molecule has 3 N–H and O–H groups in total. The summed E-state index contributed by atoms with van der Waals surface area (Å²) in [5.41, 5.74) is -1.28. The van der Waals surface area contributed by atoms with E-state index in [-0.39, 0.29) is 11.4 Å². The van der Waals surface area contributed by atoms with Gasteiger partial charge in [0, 0.05) is 32.9 Å². The number of aromatic carboxylic acids is 2. The number of carboxylic acid groups (broad SMARTS) is 2. The fraction of sp³-hybridized carbons (Fsp3) is 0.0625. The summed E-state index contributed by atoms with van der Waals surface area (Å²) >= 11 is 0. The van der Waals surface area contributed by atoms with Crippen LogP contribution in [-0.2, 0) is 12.4 Å². The number of carbonyl (C=O) groups is 2. The predicted octanol–water partition coefficient (Wildman–Crippen LogP) is 7.25. The Labute approximate surface area is 268 Å². The van der Waals surface area contributed by atoms with E-state index in [1.807, 2.05) is 0 Å². The highest BCUT2D eigenvalue weighted by Crippen LogP contribution is 2.36. The van der Waals surface area contributed by atoms with E-state index in [9.17, 15) is 46.1 Å². The van der Waals surface area contributed by atoms with E-state index in [4.69, 9.17) is 0 Å². The second kappa shape index (κ2) is 11.0. The minimum absolute atomic E-state index is 0.0469. The van der Waals surface area contributed by atoms with Crippen LogP contribution in [0.5, 0.6) is 0 Å². The topological polar surface area (TPSA) is 152 Å². The molecule has 49 heavy (non-hydrogen) atoms. The predicted molar refractivity (Wildman–Crippen MR) is 160 cm³/mol. The molecule has 0 unspecified atom stereocenters. The van der Waals surface area contributed by atoms with Crippen LogP contribution < -0.4 is 0 Å². The van der Waals surface area contributed by atoms with Crippen molar-refractivity contribution in [1.29, 1.82) is 0 Å². The van der Waals surface area contributed by atoms with Crippen LogP contribution in [0.15, 0.2) is 85.2 Å². The van der Waals surface area contributed by atoms with Crippen LogP contribution >= 0.6 is 0 Å². The first kappa shape index (κ1) is 31.1. The molecule has 11 nitrogen and oxygen atoms in total. The number of fused-ring (bicyclic) bond motifs is 3. The van der Waals surface area contributed by atoms with Crippen molar-refractivity contribution in [1.82, 2.24) is 35.0 Å². The Balaban J connectivity index is 1.23. The maximum absolute atomic E-state index is 13.6. The molecule has 0 atom stereocenters. The van der Waals surface area contributed by atoms with Crippen LogP contribution in [0.4, 0.5) is 26.3 Å². The van der Waals surface area contributed by atoms with Gasteiger partial charge in [-0.1, -0.05) is 22.6 Å². The van der Waals surface area contributed by atoms with Gasteiger partial charge >= 0.3 is 24.3 Å². The first-order chi connectivity index (χ1) is 23.2. The van der Waals surface area contributed by atoms with Gasteiger partial charge < -0.3 is 15.2 Å². The van der Waals surface area contributed by atoms with Crippen molar-refractivity contribution in [2.75, 3.05) is 0 Å². The molecule has 3 heterocycles. The van der Waals surface area contributed by atoms with E-state index in [2.05, 4.69) is 25.6 Å². The summed E-state index contributed by atoms with van der Waals surface area (Å²) in [5, 5.41) is 35.9. The number of carboxylic acids is 2. The van der Waals surface area contributed by atoms with Gasteiger partial charge in [0.05, 0.1) is 46.0 Å². The second-order valence-corrected chi connectivity index (χ2v) is 10.8. The maximum atomic E-state index is 13.6. The molecule has 246 valence electrons. The van der Waals surface area contributed by atoms with Crippen molar-refractivity contribution in [3.05, 3.63) is 107 Å². The van der Waals surface area contributed by atoms with Crippen molar-refractivity contribution in [3.8, 4) is 33.9 Å². The Morgan fingerprint density at radius 3 is 1.37 bits per heavy atom. The van der Waals surface area contributed by atoms with Crippen molar-refractivity contribution in [3.63, 3.8) is 0 Å². The van der Waals surface area contributed by atoms with Crippen LogP contribution in [0.3, 0.4) is 0 Å². The molecule has 0 aliphatic rings. The van der Waals surface area contributed by atoms with Gasteiger partial charge in [0.2, 0.25) is 0 Å². The molecule has 0 fully saturated rings. The lowest BCUT2D eigenvalue weighted by atomic mass is 10.0. The molecule has 0 bridgehead atoms. The highest BCUT2D eigenvalue weighted by atomic mass is 19.4. The van der Waals surface area contributed by atoms with Crippen LogP contribution in [0, 0.1) is 0 Å². The molecule has 0 aliphatic heterocycles. The van der Waals surface area contributed by atoms with E-state index in [1.165, 1.54) is 24.5 Å². The number of alkyl halides is 6. The highest BCUT2D eigenvalue weighted by molar-refractivity contribution is 6.09. The van der Waals surface area contributed by atoms with Crippen LogP contribution in [-0.4, -0.2) is 57.1 Å². The van der Waals surface area contributed by atoms with Gasteiger partial charge in [-0.2, -0.15) is 26.3 Å². The van der Waals surface area contributed by atoms with E-state index >= 15 is 0 Å². The van der Waals surface area contributed by atoms with Gasteiger partial charge in [0.15, 0.2) is 0 Å². The Kier molecular flexibility index (Phi) is 7.00. The Morgan fingerprint density at radius 2 is 1.00 bits per heavy atom. The molecule has 4 aromatic carbocycles. The standard InChI is InChI=1S/C32H17F6N7O4/c33-31(34,35)23-11-17(3-5-19(23)29(46)47)44-13-27(40-42-44)15-1-7-25-21(9-15)22-10-16(2-8-26(22)39-25)28-14-45(43-41-28)18-4-6-20(30(48)49)24(12-18)32(36,37)38/h1-14,39H,(H,46,47)(H,48,49). The summed E-state index contributed by atoms with van der Waals surface area (Å²) in [5.74, 6) is -3.44. The summed E-state index contributed by atoms with van der Waals surface area (Å²) in [7, 11) is 0. The first-order valence-electron chi connectivity index (χ1n) is 14.0. The largest absolute Gasteiger partial charge is 0.478 e. The summed E-state index contributed by atoms with van der Waals surface area (Å²) in [6, 6.07) is 16.1. The smallest absolute Gasteiger partial charge is 0.417 e. The first-order valence-corrected chi connectivity index (χ1v) is 14.0. The van der Waals surface area contributed by atoms with Gasteiger partial charge in [-0.05, 0) is 60.7 Å². The summed E-state index contributed by atoms with van der Waals surface area (Å²) in [6.45, 7) is 0. The van der Waals surface area contributed by atoms with Crippen molar-refractivity contribution >= 4 is 33.7 Å². The fourth-order valence-corrected chi connectivity index (χ4v) is 5.45. The number of hydrogen-bond acceptors (Lipinski definition) is 6. The average Bonchev–Trinajstić information content (AvgIpc) is 3.82. The minimum Gasteiger partial charge on any atom is -0.478 e. The Morgan fingerprint density at radius 1 is 0.592 bits per heavy atom. The third-order valence-electron chi connectivity index (χ3n) is 7.78. The molecule has 0 radical (unpaired) electrons. The van der Waals surface area contributed by atoms with E-state index < -0.39 is 46.5 Å². The number of aromatic amines is 1. The molecule has 0 amide bonds. The number of halogens is 6. The lowest BCUT2D eigenvalue weighted by Crippen LogP contribution is -2.14. The molecule has 0 saturated carbocycles. The molecule has 0 aliphatic carbocycles. The third-order valence-corrected chi connectivity index (χ3v) is 7.78. The lowest BCUT2D eigenvalue weighted by molar-refractivity contribution is -0.138. The number of nitrogens with one attached hydrogen (secondary N) is 1. The molecule has 0 saturated heterocycles. The van der Waals surface area contributed by atoms with Gasteiger partial charge in [0.25, 0.3) is 0 Å². The van der Waals surface area contributed by atoms with Crippen molar-refractivity contribution < 1.29 is 46.1 Å². The van der Waals surface area contributed by atoms with Crippen LogP contribution in [0.25, 0.3) is 55.7 Å². The average molecular weight is 678 g/mol. The van der Waals surface area contributed by atoms with Crippen LogP contribution in [0.1, 0.15) is 31.8 Å². The number of benzene rings is 4. The molecule has 3 aromatic heterocycles. The zero-order valence-corrected chi connectivity index (χ0v) is 24.2. The van der Waals surface area contributed by atoms with E-state index in [0.29, 0.717) is 34.6 Å². The normalized spacial score (nSPS) is 12.2. The number of rotatable bonds is 6. The highest BCUT2D eigenvalue weighted by Gasteiger charge is 2.37. The number of nitrogens with zero attached hydrogens (tertiary/aromatic N) is 6. The number of H-pyrrole nitrogens is 1. The zero-order chi connectivity index (χ0) is 34.8. The zero-order valence-electron chi connectivity index (χ0n) is 24.2. The summed E-state index contributed by atoms with van der Waals surface area (Å²) < 4.78 is 83.5. The van der Waals surface area contributed by atoms with Gasteiger partial charge in [-0.15, -0.1) is 10.2 Å². The maximum Gasteiger partial charge on any atom is 0.417 e. The van der Waals surface area contributed by atoms with E-state index in [1.54, 1.807) is 36.4 Å². The minimum atomic E-state index is -4.91. The molecule has 7 rings (SSSR count). The fourth-order valence-electron chi connectivity index (χ4n) is 5.45. The van der Waals surface area contributed by atoms with Gasteiger partial charge in [-0.3, -0.25) is 0 Å². The molecule has 0 spiro atoms. The summed E-state index contributed by atoms with van der Waals surface area (Å²) in [6.07, 6.45) is -7.01. The number of hydrogen-bond donors (Lipinski definition) is 3. The van der Waals surface area contributed by atoms with E-state index in [0.717, 1.165) is 43.3 Å². The Hall–Kier alpha value is -6.52. The summed E-state index contributed by atoms with van der Waals surface area (Å²) in [4.78, 5) is 25.9. The molecule has 17 heteroatoms. The molecule has 7 aromatic rings. The van der Waals surface area contributed by atoms with Gasteiger partial charge in [-0.25, -0.2) is 19.0 Å². The van der Waals surface area contributed by atoms with Gasteiger partial charge in [0.1, 0.15) is 11.4 Å². The second-order valence-electron chi connectivity index (χ2n) is 10.8. The molecular formula is C32H17F6N7O4. The lowest BCUT2D eigenvalue weighted by Gasteiger charge is -2.11. The third kappa shape index (κ3) is 5.60. The van der Waals surface area contributed by atoms with Crippen LogP contribution in [0.2, 0.25) is 0 Å².